The summed E-state index contributed by atoms with van der Waals surface area (Å²) in [6, 6.07) is 7.36. The molecule has 6 nitrogen and oxygen atoms in total. The molecule has 7 heteroatoms. The molecule has 1 amide bonds. The van der Waals surface area contributed by atoms with E-state index in [9.17, 15) is 4.79 Å². The molecule has 0 heterocycles. The number of aliphatic imine (C=N–C) groups is 1. The molecule has 0 aliphatic rings. The van der Waals surface area contributed by atoms with Gasteiger partial charge in [0, 0.05) is 17.6 Å². The Morgan fingerprint density at radius 3 is 2.36 bits per heavy atom. The fraction of sp³-hybridized carbons (Fsp3) is 0.467. The van der Waals surface area contributed by atoms with Gasteiger partial charge in [-0.1, -0.05) is 20.8 Å². The standard InChI is InChI=1S/C15H24N4O2.HI/c1-15(2,3)13(20)17-9-10-18-14(16)19-11-5-7-12(21-4)8-6-11;/h5-8H,9-10H2,1-4H3,(H,17,20)(H3,16,18,19);1H. The molecule has 1 aromatic carbocycles. The van der Waals surface area contributed by atoms with E-state index in [1.54, 1.807) is 7.11 Å². The number of nitrogens with one attached hydrogen (secondary N) is 2. The number of guanidine groups is 1. The summed E-state index contributed by atoms with van der Waals surface area (Å²) in [5.41, 5.74) is 6.21. The van der Waals surface area contributed by atoms with Gasteiger partial charge in [-0.05, 0) is 24.3 Å². The number of nitrogens with zero attached hydrogens (tertiary/aromatic N) is 1. The Labute approximate surface area is 148 Å². The number of amides is 1. The van der Waals surface area contributed by atoms with Gasteiger partial charge >= 0.3 is 0 Å². The summed E-state index contributed by atoms with van der Waals surface area (Å²) in [5.74, 6) is 1.09. The third-order valence-electron chi connectivity index (χ3n) is 2.72. The molecule has 0 bridgehead atoms. The van der Waals surface area contributed by atoms with Crippen LogP contribution in [0, 0.1) is 5.41 Å². The van der Waals surface area contributed by atoms with Crippen molar-refractivity contribution in [2.45, 2.75) is 20.8 Å². The summed E-state index contributed by atoms with van der Waals surface area (Å²) in [5, 5.41) is 5.78. The highest BCUT2D eigenvalue weighted by Gasteiger charge is 2.19. The molecular weight excluding hydrogens is 395 g/mol. The fourth-order valence-corrected chi connectivity index (χ4v) is 1.47. The molecule has 0 radical (unpaired) electrons. The van der Waals surface area contributed by atoms with Crippen LogP contribution in [-0.2, 0) is 4.79 Å². The monoisotopic (exact) mass is 420 g/mol. The van der Waals surface area contributed by atoms with Crippen LogP contribution >= 0.6 is 24.0 Å². The lowest BCUT2D eigenvalue weighted by Gasteiger charge is -2.17. The zero-order chi connectivity index (χ0) is 15.9. The lowest BCUT2D eigenvalue weighted by Crippen LogP contribution is -2.36. The molecule has 1 rings (SSSR count). The van der Waals surface area contributed by atoms with Crippen molar-refractivity contribution in [3.63, 3.8) is 0 Å². The lowest BCUT2D eigenvalue weighted by molar-refractivity contribution is -0.128. The molecule has 0 saturated carbocycles. The van der Waals surface area contributed by atoms with Gasteiger partial charge in [-0.2, -0.15) is 0 Å². The van der Waals surface area contributed by atoms with Crippen LogP contribution in [0.1, 0.15) is 20.8 Å². The second kappa shape index (κ2) is 9.50. The van der Waals surface area contributed by atoms with Crippen molar-refractivity contribution in [2.75, 3.05) is 25.5 Å². The molecule has 124 valence electrons. The predicted octanol–water partition coefficient (Wildman–Crippen LogP) is 2.20. The minimum atomic E-state index is -0.392. The number of halogens is 1. The smallest absolute Gasteiger partial charge is 0.225 e. The van der Waals surface area contributed by atoms with E-state index in [0.717, 1.165) is 11.4 Å². The van der Waals surface area contributed by atoms with E-state index in [4.69, 9.17) is 10.5 Å². The summed E-state index contributed by atoms with van der Waals surface area (Å²) in [4.78, 5) is 15.8. The Balaban J connectivity index is 0.00000441. The summed E-state index contributed by atoms with van der Waals surface area (Å²) >= 11 is 0. The number of hydrogen-bond acceptors (Lipinski definition) is 3. The van der Waals surface area contributed by atoms with Gasteiger partial charge < -0.3 is 21.1 Å². The number of carbonyl (C=O) groups excluding carboxylic acids is 1. The number of methoxy groups -OCH3 is 1. The molecule has 0 saturated heterocycles. The van der Waals surface area contributed by atoms with Gasteiger partial charge in [0.25, 0.3) is 0 Å². The van der Waals surface area contributed by atoms with Gasteiger partial charge in [0.15, 0.2) is 5.96 Å². The molecule has 0 unspecified atom stereocenters. The summed E-state index contributed by atoms with van der Waals surface area (Å²) in [6.45, 7) is 6.49. The molecule has 0 atom stereocenters. The Bertz CT molecular complexity index is 495. The average Bonchev–Trinajstić information content (AvgIpc) is 2.43. The van der Waals surface area contributed by atoms with E-state index in [2.05, 4.69) is 15.6 Å². The van der Waals surface area contributed by atoms with Crippen LogP contribution in [0.3, 0.4) is 0 Å². The van der Waals surface area contributed by atoms with Crippen LogP contribution in [0.4, 0.5) is 5.69 Å². The number of carbonyl (C=O) groups is 1. The molecule has 0 aliphatic carbocycles. The normalized spacial score (nSPS) is 11.4. The highest BCUT2D eigenvalue weighted by molar-refractivity contribution is 14.0. The van der Waals surface area contributed by atoms with Crippen LogP contribution in [0.2, 0.25) is 0 Å². The first-order valence-electron chi connectivity index (χ1n) is 6.82. The second-order valence-corrected chi connectivity index (χ2v) is 5.63. The Kier molecular flexibility index (Phi) is 8.84. The maximum absolute atomic E-state index is 11.6. The van der Waals surface area contributed by atoms with Gasteiger partial charge in [0.05, 0.1) is 13.7 Å². The van der Waals surface area contributed by atoms with Crippen LogP contribution in [0.25, 0.3) is 0 Å². The van der Waals surface area contributed by atoms with Crippen molar-refractivity contribution in [1.29, 1.82) is 0 Å². The zero-order valence-corrected chi connectivity index (χ0v) is 15.8. The zero-order valence-electron chi connectivity index (χ0n) is 13.5. The number of rotatable bonds is 5. The lowest BCUT2D eigenvalue weighted by atomic mass is 9.96. The van der Waals surface area contributed by atoms with Crippen molar-refractivity contribution in [1.82, 2.24) is 5.32 Å². The largest absolute Gasteiger partial charge is 0.497 e. The van der Waals surface area contributed by atoms with Gasteiger partial charge in [-0.3, -0.25) is 9.79 Å². The van der Waals surface area contributed by atoms with Gasteiger partial charge in [-0.25, -0.2) is 0 Å². The van der Waals surface area contributed by atoms with Crippen LogP contribution in [0.15, 0.2) is 29.3 Å². The van der Waals surface area contributed by atoms with Crippen molar-refractivity contribution in [3.05, 3.63) is 24.3 Å². The summed E-state index contributed by atoms with van der Waals surface area (Å²) < 4.78 is 5.07. The first-order valence-corrected chi connectivity index (χ1v) is 6.82. The van der Waals surface area contributed by atoms with Crippen molar-refractivity contribution in [3.8, 4) is 5.75 Å². The van der Waals surface area contributed by atoms with E-state index in [-0.39, 0.29) is 29.9 Å². The second-order valence-electron chi connectivity index (χ2n) is 5.63. The SMILES string of the molecule is COc1ccc(NC(N)=NCCNC(=O)C(C)(C)C)cc1.I. The minimum absolute atomic E-state index is 0. The topological polar surface area (TPSA) is 88.7 Å². The number of ether oxygens (including phenoxy) is 1. The number of anilines is 1. The molecule has 0 aliphatic heterocycles. The van der Waals surface area contributed by atoms with Gasteiger partial charge in [0.1, 0.15) is 5.75 Å². The molecular formula is C15H25IN4O2. The van der Waals surface area contributed by atoms with Crippen LogP contribution in [-0.4, -0.2) is 32.1 Å². The first kappa shape index (κ1) is 20.5. The highest BCUT2D eigenvalue weighted by Crippen LogP contribution is 2.14. The quantitative estimate of drug-likeness (QED) is 0.295. The average molecular weight is 420 g/mol. The minimum Gasteiger partial charge on any atom is -0.497 e. The maximum atomic E-state index is 11.6. The third-order valence-corrected chi connectivity index (χ3v) is 2.72. The molecule has 0 aromatic heterocycles. The van der Waals surface area contributed by atoms with Crippen LogP contribution < -0.4 is 21.1 Å². The maximum Gasteiger partial charge on any atom is 0.225 e. The predicted molar refractivity (Wildman–Crippen MR) is 101 cm³/mol. The van der Waals surface area contributed by atoms with E-state index >= 15 is 0 Å². The number of hydrogen-bond donors (Lipinski definition) is 3. The van der Waals surface area contributed by atoms with Crippen molar-refractivity contribution >= 4 is 41.5 Å². The van der Waals surface area contributed by atoms with Gasteiger partial charge in [-0.15, -0.1) is 24.0 Å². The Morgan fingerprint density at radius 2 is 1.86 bits per heavy atom. The fourth-order valence-electron chi connectivity index (χ4n) is 1.47. The number of benzene rings is 1. The molecule has 0 fully saturated rings. The molecule has 22 heavy (non-hydrogen) atoms. The first-order chi connectivity index (χ1) is 9.82. The van der Waals surface area contributed by atoms with E-state index in [0.29, 0.717) is 19.0 Å². The molecule has 4 N–H and O–H groups in total. The Hall–Kier alpha value is -1.51. The van der Waals surface area contributed by atoms with Crippen LogP contribution in [0.5, 0.6) is 5.75 Å². The third kappa shape index (κ3) is 7.48. The Morgan fingerprint density at radius 1 is 1.27 bits per heavy atom. The summed E-state index contributed by atoms with van der Waals surface area (Å²) in [7, 11) is 1.62. The van der Waals surface area contributed by atoms with E-state index in [1.165, 1.54) is 0 Å². The van der Waals surface area contributed by atoms with Crippen molar-refractivity contribution in [2.24, 2.45) is 16.1 Å². The molecule has 1 aromatic rings. The van der Waals surface area contributed by atoms with E-state index in [1.807, 2.05) is 45.0 Å². The molecule has 0 spiro atoms. The highest BCUT2D eigenvalue weighted by atomic mass is 127. The number of nitrogens with two attached hydrogens (primary N) is 1. The van der Waals surface area contributed by atoms with Gasteiger partial charge in [0.2, 0.25) is 5.91 Å². The van der Waals surface area contributed by atoms with E-state index < -0.39 is 5.41 Å². The summed E-state index contributed by atoms with van der Waals surface area (Å²) in [6.07, 6.45) is 0. The van der Waals surface area contributed by atoms with Crippen molar-refractivity contribution < 1.29 is 9.53 Å².